The molecule has 0 spiro atoms. The molecule has 0 aliphatic carbocycles. The van der Waals surface area contributed by atoms with Crippen molar-refractivity contribution in [2.75, 3.05) is 44.8 Å². The molecule has 0 saturated carbocycles. The number of hydrogen-bond acceptors (Lipinski definition) is 9. The molecular formula is C39H41ClN8O4S. The lowest BCUT2D eigenvalue weighted by Gasteiger charge is -2.26. The van der Waals surface area contributed by atoms with E-state index in [0.29, 0.717) is 24.7 Å². The van der Waals surface area contributed by atoms with Crippen LogP contribution in [0.3, 0.4) is 0 Å². The number of ether oxygens (including phenoxy) is 2. The van der Waals surface area contributed by atoms with Crippen LogP contribution in [0.15, 0.2) is 101 Å². The first-order chi connectivity index (χ1) is 25.6. The van der Waals surface area contributed by atoms with Gasteiger partial charge in [-0.15, -0.1) is 10.2 Å². The second kappa shape index (κ2) is 15.9. The molecule has 0 bridgehead atoms. The minimum atomic E-state index is -0.390. The SMILES string of the molecule is CC(C)(C)c1cc(NC(=O)NCc2ccccc2Sc2ccc3nnc(-c4cccc(OCCN5CCOCC5)c4)n3c2)n(-c2ccc(O)c(Cl)c2)n1. The second-order valence-corrected chi connectivity index (χ2v) is 15.2. The van der Waals surface area contributed by atoms with E-state index in [-0.39, 0.29) is 22.2 Å². The molecule has 0 atom stereocenters. The molecule has 3 N–H and O–H groups in total. The van der Waals surface area contributed by atoms with E-state index in [9.17, 15) is 9.90 Å². The minimum Gasteiger partial charge on any atom is -0.506 e. The molecule has 3 aromatic heterocycles. The molecule has 1 aliphatic rings. The summed E-state index contributed by atoms with van der Waals surface area (Å²) in [5.74, 6) is 1.94. The number of halogens is 1. The van der Waals surface area contributed by atoms with Crippen molar-refractivity contribution in [3.8, 4) is 28.6 Å². The Morgan fingerprint density at radius 1 is 1.00 bits per heavy atom. The lowest BCUT2D eigenvalue weighted by molar-refractivity contribution is 0.0322. The van der Waals surface area contributed by atoms with Gasteiger partial charge in [-0.05, 0) is 54.1 Å². The summed E-state index contributed by atoms with van der Waals surface area (Å²) in [6, 6.07) is 26.1. The van der Waals surface area contributed by atoms with Gasteiger partial charge in [-0.3, -0.25) is 14.6 Å². The summed E-state index contributed by atoms with van der Waals surface area (Å²) in [5, 5.41) is 29.7. The molecule has 2 amide bonds. The van der Waals surface area contributed by atoms with E-state index in [1.165, 1.54) is 6.07 Å². The number of hydrogen-bond donors (Lipinski definition) is 3. The number of amides is 2. The number of nitrogens with one attached hydrogen (secondary N) is 2. The quantitative estimate of drug-likeness (QED) is 0.124. The van der Waals surface area contributed by atoms with Crippen LogP contribution in [-0.2, 0) is 16.7 Å². The normalized spacial score (nSPS) is 13.7. The fraction of sp³-hybridized carbons (Fsp3) is 0.282. The summed E-state index contributed by atoms with van der Waals surface area (Å²) < 4.78 is 15.1. The van der Waals surface area contributed by atoms with E-state index in [2.05, 4.69) is 25.7 Å². The van der Waals surface area contributed by atoms with Crippen molar-refractivity contribution >= 4 is 40.9 Å². The Labute approximate surface area is 317 Å². The Balaban J connectivity index is 1.03. The molecule has 6 aromatic rings. The van der Waals surface area contributed by atoms with Crippen LogP contribution >= 0.6 is 23.4 Å². The summed E-state index contributed by atoms with van der Waals surface area (Å²) >= 11 is 7.79. The average molecular weight is 753 g/mol. The van der Waals surface area contributed by atoms with Gasteiger partial charge in [0, 0.05) is 59.2 Å². The number of pyridine rings is 1. The van der Waals surface area contributed by atoms with Crippen LogP contribution < -0.4 is 15.4 Å². The van der Waals surface area contributed by atoms with E-state index in [4.69, 9.17) is 26.2 Å². The molecule has 14 heteroatoms. The van der Waals surface area contributed by atoms with E-state index >= 15 is 0 Å². The number of phenols is 1. The minimum absolute atomic E-state index is 0.0319. The van der Waals surface area contributed by atoms with Gasteiger partial charge in [-0.1, -0.05) is 74.5 Å². The van der Waals surface area contributed by atoms with E-state index in [0.717, 1.165) is 76.7 Å². The fourth-order valence-corrected chi connectivity index (χ4v) is 6.99. The maximum Gasteiger partial charge on any atom is 0.320 e. The van der Waals surface area contributed by atoms with Crippen molar-refractivity contribution in [2.24, 2.45) is 0 Å². The van der Waals surface area contributed by atoms with Gasteiger partial charge in [0.15, 0.2) is 11.5 Å². The van der Waals surface area contributed by atoms with Gasteiger partial charge in [0.25, 0.3) is 0 Å². The number of fused-ring (bicyclic) bond motifs is 1. The van der Waals surface area contributed by atoms with Crippen molar-refractivity contribution in [3.05, 3.63) is 107 Å². The van der Waals surface area contributed by atoms with Gasteiger partial charge in [0.05, 0.1) is 29.6 Å². The van der Waals surface area contributed by atoms with E-state index in [1.54, 1.807) is 28.6 Å². The zero-order valence-corrected chi connectivity index (χ0v) is 31.3. The summed E-state index contributed by atoms with van der Waals surface area (Å²) in [6.45, 7) is 11.3. The number of morpholine rings is 1. The Kier molecular flexibility index (Phi) is 10.9. The summed E-state index contributed by atoms with van der Waals surface area (Å²) in [6.07, 6.45) is 2.03. The van der Waals surface area contributed by atoms with Gasteiger partial charge >= 0.3 is 6.03 Å². The standard InChI is InChI=1S/C39H41ClN8O4S/c1-39(2,3)34-23-36(48(45-34)28-11-13-32(49)31(40)22-28)42-38(50)41-24-27-7-4-5-10-33(27)53-30-12-14-35-43-44-37(47(35)25-30)26-8-6-9-29(21-26)52-20-17-46-15-18-51-19-16-46/h4-14,21-23,25,49H,15-20,24H2,1-3H3,(H2,41,42,50). The van der Waals surface area contributed by atoms with Crippen molar-refractivity contribution in [1.29, 1.82) is 0 Å². The topological polar surface area (TPSA) is 131 Å². The van der Waals surface area contributed by atoms with Gasteiger partial charge < -0.3 is 19.9 Å². The zero-order chi connectivity index (χ0) is 37.0. The van der Waals surface area contributed by atoms with Gasteiger partial charge in [0.1, 0.15) is 23.9 Å². The molecule has 274 valence electrons. The summed E-state index contributed by atoms with van der Waals surface area (Å²) in [4.78, 5) is 17.6. The van der Waals surface area contributed by atoms with Crippen LogP contribution in [-0.4, -0.2) is 79.9 Å². The van der Waals surface area contributed by atoms with E-state index in [1.807, 2.05) is 98.1 Å². The van der Waals surface area contributed by atoms with Crippen molar-refractivity contribution in [2.45, 2.75) is 42.5 Å². The lowest BCUT2D eigenvalue weighted by atomic mass is 9.92. The number of aromatic hydroxyl groups is 1. The molecule has 4 heterocycles. The largest absolute Gasteiger partial charge is 0.506 e. The zero-order valence-electron chi connectivity index (χ0n) is 29.8. The molecule has 0 radical (unpaired) electrons. The number of aromatic nitrogens is 5. The van der Waals surface area contributed by atoms with Crippen LogP contribution in [0.5, 0.6) is 11.5 Å². The molecular weight excluding hydrogens is 712 g/mol. The predicted octanol–water partition coefficient (Wildman–Crippen LogP) is 7.42. The Hall–Kier alpha value is -5.08. The highest BCUT2D eigenvalue weighted by molar-refractivity contribution is 7.99. The smallest absolute Gasteiger partial charge is 0.320 e. The average Bonchev–Trinajstić information content (AvgIpc) is 3.78. The third-order valence-corrected chi connectivity index (χ3v) is 10.2. The van der Waals surface area contributed by atoms with Crippen molar-refractivity contribution < 1.29 is 19.4 Å². The first kappa shape index (κ1) is 36.3. The maximum atomic E-state index is 13.3. The first-order valence-electron chi connectivity index (χ1n) is 17.4. The number of urea groups is 1. The van der Waals surface area contributed by atoms with Crippen LogP contribution in [0.4, 0.5) is 10.6 Å². The number of carbonyl (C=O) groups is 1. The molecule has 0 unspecified atom stereocenters. The molecule has 3 aromatic carbocycles. The summed E-state index contributed by atoms with van der Waals surface area (Å²) in [7, 11) is 0. The lowest BCUT2D eigenvalue weighted by Crippen LogP contribution is -2.38. The highest BCUT2D eigenvalue weighted by Gasteiger charge is 2.22. The van der Waals surface area contributed by atoms with Crippen LogP contribution in [0.25, 0.3) is 22.7 Å². The van der Waals surface area contributed by atoms with Crippen LogP contribution in [0, 0.1) is 0 Å². The number of benzene rings is 3. The highest BCUT2D eigenvalue weighted by atomic mass is 35.5. The number of carbonyl (C=O) groups excluding carboxylic acids is 1. The van der Waals surface area contributed by atoms with Gasteiger partial charge in [-0.25, -0.2) is 9.48 Å². The third kappa shape index (κ3) is 8.77. The first-order valence-corrected chi connectivity index (χ1v) is 18.6. The number of phenolic OH excluding ortho intramolecular Hbond substituents is 1. The number of nitrogens with zero attached hydrogens (tertiary/aromatic N) is 6. The van der Waals surface area contributed by atoms with Crippen molar-refractivity contribution in [3.63, 3.8) is 0 Å². The molecule has 1 aliphatic heterocycles. The number of rotatable bonds is 11. The molecule has 12 nitrogen and oxygen atoms in total. The third-order valence-electron chi connectivity index (χ3n) is 8.78. The predicted molar refractivity (Wildman–Crippen MR) is 207 cm³/mol. The Morgan fingerprint density at radius 3 is 2.64 bits per heavy atom. The highest BCUT2D eigenvalue weighted by Crippen LogP contribution is 2.33. The van der Waals surface area contributed by atoms with Crippen LogP contribution in [0.2, 0.25) is 5.02 Å². The fourth-order valence-electron chi connectivity index (χ4n) is 5.84. The maximum absolute atomic E-state index is 13.3. The Bertz CT molecular complexity index is 2230. The number of anilines is 1. The van der Waals surface area contributed by atoms with Crippen LogP contribution in [0.1, 0.15) is 32.0 Å². The van der Waals surface area contributed by atoms with Crippen molar-refractivity contribution in [1.82, 2.24) is 34.6 Å². The second-order valence-electron chi connectivity index (χ2n) is 13.7. The van der Waals surface area contributed by atoms with Gasteiger partial charge in [-0.2, -0.15) is 5.10 Å². The molecule has 7 rings (SSSR count). The Morgan fingerprint density at radius 2 is 1.83 bits per heavy atom. The molecule has 53 heavy (non-hydrogen) atoms. The van der Waals surface area contributed by atoms with E-state index < -0.39 is 0 Å². The molecule has 1 fully saturated rings. The summed E-state index contributed by atoms with van der Waals surface area (Å²) in [5.41, 5.74) is 3.71. The van der Waals surface area contributed by atoms with Gasteiger partial charge in [0.2, 0.25) is 0 Å². The monoisotopic (exact) mass is 752 g/mol. The molecule has 1 saturated heterocycles.